The topological polar surface area (TPSA) is 69.0 Å². The number of ether oxygens (including phenoxy) is 1. The number of nitrogens with one attached hydrogen (secondary N) is 1. The maximum atomic E-state index is 12.6. The number of hydrogen-bond acceptors (Lipinski definition) is 4. The van der Waals surface area contributed by atoms with Gasteiger partial charge in [-0.2, -0.15) is 5.10 Å². The molecule has 0 fully saturated rings. The Labute approximate surface area is 169 Å². The summed E-state index contributed by atoms with van der Waals surface area (Å²) in [5, 5.41) is 7.64. The van der Waals surface area contributed by atoms with E-state index < -0.39 is 0 Å². The number of carbonyl (C=O) groups is 1. The van der Waals surface area contributed by atoms with Gasteiger partial charge in [-0.25, -0.2) is 4.98 Å². The van der Waals surface area contributed by atoms with E-state index in [1.54, 1.807) is 23.9 Å². The third kappa shape index (κ3) is 4.89. The minimum atomic E-state index is -0.250. The normalized spacial score (nSPS) is 10.9. The maximum absolute atomic E-state index is 12.6. The molecule has 0 saturated heterocycles. The van der Waals surface area contributed by atoms with E-state index in [0.29, 0.717) is 47.0 Å². The lowest BCUT2D eigenvalue weighted by atomic mass is 10.2. The standard InChI is InChI=1S/C21H23ClN4O2/c1-14(2)13-26-20(22)19(15(3)25-26)21(27)24-12-16-9-10-23-18(11-16)28-17-7-5-4-6-8-17/h4-11,14H,12-13H2,1-3H3,(H,24,27). The second-order valence-corrected chi connectivity index (χ2v) is 7.29. The van der Waals surface area contributed by atoms with Crippen molar-refractivity contribution in [2.75, 3.05) is 0 Å². The van der Waals surface area contributed by atoms with Crippen LogP contribution in [-0.4, -0.2) is 20.7 Å². The number of rotatable bonds is 7. The van der Waals surface area contributed by atoms with Gasteiger partial charge in [0, 0.05) is 25.4 Å². The maximum Gasteiger partial charge on any atom is 0.256 e. The summed E-state index contributed by atoms with van der Waals surface area (Å²) < 4.78 is 7.41. The molecule has 6 nitrogen and oxygen atoms in total. The fourth-order valence-electron chi connectivity index (χ4n) is 2.77. The zero-order valence-corrected chi connectivity index (χ0v) is 16.9. The fraction of sp³-hybridized carbons (Fsp3) is 0.286. The lowest BCUT2D eigenvalue weighted by molar-refractivity contribution is 0.0950. The number of amides is 1. The van der Waals surface area contributed by atoms with E-state index in [0.717, 1.165) is 5.56 Å². The number of nitrogens with zero attached hydrogens (tertiary/aromatic N) is 3. The molecule has 146 valence electrons. The predicted octanol–water partition coefficient (Wildman–Crippen LogP) is 4.62. The van der Waals surface area contributed by atoms with E-state index in [-0.39, 0.29) is 5.91 Å². The molecule has 7 heteroatoms. The Hall–Kier alpha value is -2.86. The highest BCUT2D eigenvalue weighted by Crippen LogP contribution is 2.22. The highest BCUT2D eigenvalue weighted by Gasteiger charge is 2.20. The van der Waals surface area contributed by atoms with Gasteiger partial charge in [0.2, 0.25) is 5.88 Å². The van der Waals surface area contributed by atoms with Gasteiger partial charge in [0.1, 0.15) is 10.9 Å². The molecule has 1 aromatic carbocycles. The molecular formula is C21H23ClN4O2. The van der Waals surface area contributed by atoms with Crippen LogP contribution in [0.1, 0.15) is 35.5 Å². The van der Waals surface area contributed by atoms with Crippen molar-refractivity contribution in [3.63, 3.8) is 0 Å². The van der Waals surface area contributed by atoms with Crippen LogP contribution in [0.5, 0.6) is 11.6 Å². The SMILES string of the molecule is Cc1nn(CC(C)C)c(Cl)c1C(=O)NCc1ccnc(Oc2ccccc2)c1. The molecule has 0 atom stereocenters. The van der Waals surface area contributed by atoms with Gasteiger partial charge < -0.3 is 10.1 Å². The minimum Gasteiger partial charge on any atom is -0.439 e. The van der Waals surface area contributed by atoms with E-state index in [4.69, 9.17) is 16.3 Å². The van der Waals surface area contributed by atoms with Crippen LogP contribution in [0.4, 0.5) is 0 Å². The average molecular weight is 399 g/mol. The molecule has 2 aromatic heterocycles. The number of carbonyl (C=O) groups excluding carboxylic acids is 1. The molecule has 28 heavy (non-hydrogen) atoms. The Morgan fingerprint density at radius 1 is 1.25 bits per heavy atom. The zero-order chi connectivity index (χ0) is 20.1. The number of aryl methyl sites for hydroxylation is 1. The van der Waals surface area contributed by atoms with E-state index in [2.05, 4.69) is 29.2 Å². The Bertz CT molecular complexity index is 954. The summed E-state index contributed by atoms with van der Waals surface area (Å²) in [6.07, 6.45) is 1.65. The molecule has 0 aliphatic heterocycles. The van der Waals surface area contributed by atoms with Gasteiger partial charge >= 0.3 is 0 Å². The van der Waals surface area contributed by atoms with Gasteiger partial charge in [-0.15, -0.1) is 0 Å². The summed E-state index contributed by atoms with van der Waals surface area (Å²) >= 11 is 6.38. The van der Waals surface area contributed by atoms with Crippen LogP contribution in [0.25, 0.3) is 0 Å². The average Bonchev–Trinajstić information content (AvgIpc) is 2.94. The summed E-state index contributed by atoms with van der Waals surface area (Å²) in [5.41, 5.74) is 1.90. The van der Waals surface area contributed by atoms with Crippen molar-refractivity contribution in [3.8, 4) is 11.6 Å². The Balaban J connectivity index is 1.67. The Kier molecular flexibility index (Phi) is 6.31. The molecule has 0 unspecified atom stereocenters. The molecule has 0 spiro atoms. The summed E-state index contributed by atoms with van der Waals surface area (Å²) in [4.78, 5) is 16.8. The summed E-state index contributed by atoms with van der Waals surface area (Å²) in [5.74, 6) is 1.31. The summed E-state index contributed by atoms with van der Waals surface area (Å²) in [6.45, 7) is 6.93. The van der Waals surface area contributed by atoms with Gasteiger partial charge in [-0.05, 0) is 36.6 Å². The molecule has 2 heterocycles. The molecule has 0 aliphatic rings. The molecule has 1 amide bonds. The third-order valence-electron chi connectivity index (χ3n) is 4.05. The molecule has 3 rings (SSSR count). The van der Waals surface area contributed by atoms with Gasteiger partial charge in [0.25, 0.3) is 5.91 Å². The Morgan fingerprint density at radius 3 is 2.71 bits per heavy atom. The van der Waals surface area contributed by atoms with Crippen molar-refractivity contribution >= 4 is 17.5 Å². The molecule has 0 radical (unpaired) electrons. The largest absolute Gasteiger partial charge is 0.439 e. The first-order valence-electron chi connectivity index (χ1n) is 9.13. The fourth-order valence-corrected chi connectivity index (χ4v) is 3.10. The van der Waals surface area contributed by atoms with Crippen molar-refractivity contribution in [2.24, 2.45) is 5.92 Å². The first-order valence-corrected chi connectivity index (χ1v) is 9.50. The smallest absolute Gasteiger partial charge is 0.256 e. The highest BCUT2D eigenvalue weighted by atomic mass is 35.5. The molecule has 0 saturated carbocycles. The van der Waals surface area contributed by atoms with E-state index in [1.165, 1.54) is 0 Å². The number of benzene rings is 1. The molecule has 0 aliphatic carbocycles. The van der Waals surface area contributed by atoms with Crippen LogP contribution >= 0.6 is 11.6 Å². The summed E-state index contributed by atoms with van der Waals surface area (Å²) in [6, 6.07) is 13.0. The number of hydrogen-bond donors (Lipinski definition) is 1. The second kappa shape index (κ2) is 8.89. The molecular weight excluding hydrogens is 376 g/mol. The number of aromatic nitrogens is 3. The van der Waals surface area contributed by atoms with Crippen LogP contribution in [0.15, 0.2) is 48.7 Å². The van der Waals surface area contributed by atoms with Crippen LogP contribution in [-0.2, 0) is 13.1 Å². The van der Waals surface area contributed by atoms with E-state index in [9.17, 15) is 4.79 Å². The van der Waals surface area contributed by atoms with Crippen molar-refractivity contribution in [2.45, 2.75) is 33.9 Å². The van der Waals surface area contributed by atoms with Crippen LogP contribution < -0.4 is 10.1 Å². The molecule has 3 aromatic rings. The minimum absolute atomic E-state index is 0.250. The second-order valence-electron chi connectivity index (χ2n) is 6.93. The van der Waals surface area contributed by atoms with Crippen molar-refractivity contribution in [1.82, 2.24) is 20.1 Å². The van der Waals surface area contributed by atoms with E-state index >= 15 is 0 Å². The molecule has 1 N–H and O–H groups in total. The summed E-state index contributed by atoms with van der Waals surface area (Å²) in [7, 11) is 0. The highest BCUT2D eigenvalue weighted by molar-refractivity contribution is 6.33. The van der Waals surface area contributed by atoms with Gasteiger partial charge in [-0.1, -0.05) is 43.6 Å². The monoisotopic (exact) mass is 398 g/mol. The number of pyridine rings is 1. The van der Waals surface area contributed by atoms with Crippen LogP contribution in [0.2, 0.25) is 5.15 Å². The number of halogens is 1. The van der Waals surface area contributed by atoms with E-state index in [1.807, 2.05) is 36.4 Å². The lowest BCUT2D eigenvalue weighted by Crippen LogP contribution is -2.23. The van der Waals surface area contributed by atoms with Crippen LogP contribution in [0.3, 0.4) is 0 Å². The predicted molar refractivity (Wildman–Crippen MR) is 109 cm³/mol. The lowest BCUT2D eigenvalue weighted by Gasteiger charge is -2.08. The van der Waals surface area contributed by atoms with Crippen molar-refractivity contribution < 1.29 is 9.53 Å². The number of para-hydroxylation sites is 1. The van der Waals surface area contributed by atoms with Crippen molar-refractivity contribution in [1.29, 1.82) is 0 Å². The zero-order valence-electron chi connectivity index (χ0n) is 16.1. The third-order valence-corrected chi connectivity index (χ3v) is 4.43. The van der Waals surface area contributed by atoms with Gasteiger partial charge in [0.15, 0.2) is 0 Å². The quantitative estimate of drug-likeness (QED) is 0.630. The first kappa shape index (κ1) is 19.9. The van der Waals surface area contributed by atoms with Gasteiger partial charge in [-0.3, -0.25) is 9.48 Å². The van der Waals surface area contributed by atoms with Crippen LogP contribution in [0, 0.1) is 12.8 Å². The van der Waals surface area contributed by atoms with Gasteiger partial charge in [0.05, 0.1) is 11.3 Å². The first-order chi connectivity index (χ1) is 13.4. The van der Waals surface area contributed by atoms with Crippen molar-refractivity contribution in [3.05, 3.63) is 70.6 Å². The Morgan fingerprint density at radius 2 is 2.00 bits per heavy atom. The molecule has 0 bridgehead atoms.